The van der Waals surface area contributed by atoms with E-state index in [1.807, 2.05) is 0 Å². The van der Waals surface area contributed by atoms with Gasteiger partial charge in [0.05, 0.1) is 30.4 Å². The number of hydrogen-bond acceptors (Lipinski definition) is 12. The number of halogens is 1. The van der Waals surface area contributed by atoms with Crippen LogP contribution in [0.2, 0.25) is 0 Å². The van der Waals surface area contributed by atoms with E-state index in [2.05, 4.69) is 10.3 Å². The number of aliphatic hydroxyl groups is 4. The Labute approximate surface area is 233 Å². The minimum atomic E-state index is -1.44. The molecule has 15 heteroatoms. The third-order valence-corrected chi connectivity index (χ3v) is 8.04. The lowest BCUT2D eigenvalue weighted by Gasteiger charge is -2.48. The van der Waals surface area contributed by atoms with Crippen LogP contribution in [0, 0.1) is 11.3 Å². The lowest BCUT2D eigenvalue weighted by Crippen LogP contribution is -2.64. The van der Waals surface area contributed by atoms with Gasteiger partial charge in [-0.05, 0) is 40.0 Å². The second kappa shape index (κ2) is 13.6. The molecule has 2 saturated heterocycles. The third kappa shape index (κ3) is 7.85. The SMILES string of the molecule is CC(O)C(N)=N[C@@H]1C[C@H](N)C(O[C@H]2O[C@H](CNC(=N)C(C)F)CCC2N)C(O)C1O[C@H]1OCC(C)(O)[C@H](C)C1O. The highest BCUT2D eigenvalue weighted by molar-refractivity contribution is 5.84. The number of nitrogens with zero attached hydrogens (tertiary/aromatic N) is 1. The van der Waals surface area contributed by atoms with Crippen LogP contribution in [-0.4, -0.2) is 124 Å². The van der Waals surface area contributed by atoms with Crippen molar-refractivity contribution in [1.82, 2.24) is 5.32 Å². The number of nitrogens with one attached hydrogen (secondary N) is 2. The molecule has 0 radical (unpaired) electrons. The first-order chi connectivity index (χ1) is 18.6. The van der Waals surface area contributed by atoms with E-state index in [-0.39, 0.29) is 31.2 Å². The summed E-state index contributed by atoms with van der Waals surface area (Å²) in [6.07, 6.45) is -8.65. The minimum Gasteiger partial charge on any atom is -0.388 e. The molecule has 0 bridgehead atoms. The number of rotatable bonds is 9. The van der Waals surface area contributed by atoms with Crippen LogP contribution >= 0.6 is 0 Å². The highest BCUT2D eigenvalue weighted by Crippen LogP contribution is 2.35. The quantitative estimate of drug-likeness (QED) is 0.105. The van der Waals surface area contributed by atoms with E-state index >= 15 is 0 Å². The Morgan fingerprint density at radius 1 is 1.15 bits per heavy atom. The first-order valence-electron chi connectivity index (χ1n) is 13.8. The van der Waals surface area contributed by atoms with Crippen LogP contribution < -0.4 is 22.5 Å². The summed E-state index contributed by atoms with van der Waals surface area (Å²) in [7, 11) is 0. The Morgan fingerprint density at radius 3 is 2.42 bits per heavy atom. The molecule has 14 nitrogen and oxygen atoms in total. The van der Waals surface area contributed by atoms with E-state index < -0.39 is 85.0 Å². The van der Waals surface area contributed by atoms with E-state index in [9.17, 15) is 24.8 Å². The standard InChI is InChI=1S/C25H47FN6O8/c1-10-17(34)24(37-9-25(10,4)36)40-20-16(32-22(30)12(3)33)7-15(28)19(18(20)35)39-23-14(27)6-5-13(38-23)8-31-21(29)11(2)26/h10-20,23-24,33-36H,5-9,27-28H2,1-4H3,(H2,29,31)(H2,30,32)/t10-,11?,12?,13+,14?,15+,16-,17?,18?,19?,20?,23-,24-,25?/m1/s1. The van der Waals surface area contributed by atoms with Crippen LogP contribution in [0.15, 0.2) is 4.99 Å². The van der Waals surface area contributed by atoms with Crippen LogP contribution in [0.4, 0.5) is 4.39 Å². The predicted octanol–water partition coefficient (Wildman–Crippen LogP) is -2.18. The third-order valence-electron chi connectivity index (χ3n) is 8.04. The summed E-state index contributed by atoms with van der Waals surface area (Å²) in [5.74, 6) is -0.946. The van der Waals surface area contributed by atoms with Crippen molar-refractivity contribution in [2.24, 2.45) is 28.1 Å². The second-order valence-corrected chi connectivity index (χ2v) is 11.5. The number of nitrogens with two attached hydrogens (primary N) is 3. The number of aliphatic imine (C=N–C) groups is 1. The molecule has 0 aromatic heterocycles. The molecule has 1 aliphatic carbocycles. The molecule has 8 unspecified atom stereocenters. The van der Waals surface area contributed by atoms with Crippen molar-refractivity contribution in [2.45, 2.75) is 126 Å². The first-order valence-corrected chi connectivity index (χ1v) is 13.8. The molecular formula is C25H47FN6O8. The Morgan fingerprint density at radius 2 is 1.80 bits per heavy atom. The molecule has 232 valence electrons. The first kappa shape index (κ1) is 33.0. The molecule has 2 heterocycles. The molecule has 0 aromatic rings. The van der Waals surface area contributed by atoms with Crippen molar-refractivity contribution >= 4 is 11.7 Å². The zero-order chi connectivity index (χ0) is 29.9. The average Bonchev–Trinajstić information content (AvgIpc) is 2.88. The lowest BCUT2D eigenvalue weighted by atomic mass is 9.83. The fraction of sp³-hybridized carbons (Fsp3) is 0.920. The highest BCUT2D eigenvalue weighted by atomic mass is 19.1. The second-order valence-electron chi connectivity index (χ2n) is 11.5. The molecule has 14 atom stereocenters. The zero-order valence-electron chi connectivity index (χ0n) is 23.5. The molecular weight excluding hydrogens is 531 g/mol. The normalized spacial score (nSPS) is 44.6. The van der Waals surface area contributed by atoms with Crippen molar-refractivity contribution in [3.8, 4) is 0 Å². The van der Waals surface area contributed by atoms with E-state index in [0.29, 0.717) is 12.8 Å². The van der Waals surface area contributed by atoms with Crippen LogP contribution in [0.3, 0.4) is 0 Å². The molecule has 0 amide bonds. The maximum atomic E-state index is 13.3. The van der Waals surface area contributed by atoms with Crippen molar-refractivity contribution in [3.63, 3.8) is 0 Å². The molecule has 3 aliphatic rings. The molecule has 3 rings (SSSR count). The summed E-state index contributed by atoms with van der Waals surface area (Å²) in [6, 6.07) is -2.13. The van der Waals surface area contributed by atoms with Gasteiger partial charge in [0, 0.05) is 18.5 Å². The van der Waals surface area contributed by atoms with Gasteiger partial charge in [0.15, 0.2) is 18.8 Å². The van der Waals surface area contributed by atoms with Gasteiger partial charge in [-0.3, -0.25) is 10.4 Å². The minimum absolute atomic E-state index is 0.0834. The summed E-state index contributed by atoms with van der Waals surface area (Å²) < 4.78 is 37.1. The molecule has 2 aliphatic heterocycles. The van der Waals surface area contributed by atoms with Gasteiger partial charge in [0.1, 0.15) is 42.2 Å². The largest absolute Gasteiger partial charge is 0.388 e. The molecule has 0 spiro atoms. The maximum Gasteiger partial charge on any atom is 0.184 e. The Kier molecular flexibility index (Phi) is 11.2. The summed E-state index contributed by atoms with van der Waals surface area (Å²) in [5.41, 5.74) is 17.3. The Hall–Kier alpha value is -1.53. The van der Waals surface area contributed by atoms with Gasteiger partial charge in [0.2, 0.25) is 0 Å². The summed E-state index contributed by atoms with van der Waals surface area (Å²) >= 11 is 0. The van der Waals surface area contributed by atoms with Gasteiger partial charge in [0.25, 0.3) is 0 Å². The fourth-order valence-electron chi connectivity index (χ4n) is 5.03. The number of amidine groups is 2. The number of ether oxygens (including phenoxy) is 4. The van der Waals surface area contributed by atoms with Crippen molar-refractivity contribution < 1.29 is 43.8 Å². The van der Waals surface area contributed by atoms with Crippen LogP contribution in [0.25, 0.3) is 0 Å². The topological polar surface area (TPSA) is 244 Å². The highest BCUT2D eigenvalue weighted by Gasteiger charge is 2.51. The summed E-state index contributed by atoms with van der Waals surface area (Å²) in [5, 5.41) is 52.9. The molecule has 12 N–H and O–H groups in total. The summed E-state index contributed by atoms with van der Waals surface area (Å²) in [6.45, 7) is 5.98. The number of alkyl halides is 1. The van der Waals surface area contributed by atoms with Crippen LogP contribution in [0.5, 0.6) is 0 Å². The van der Waals surface area contributed by atoms with Gasteiger partial charge in [-0.2, -0.15) is 0 Å². The van der Waals surface area contributed by atoms with Gasteiger partial charge < -0.3 is 61.9 Å². The number of aliphatic hydroxyl groups excluding tert-OH is 3. The van der Waals surface area contributed by atoms with Crippen LogP contribution in [0.1, 0.15) is 47.0 Å². The van der Waals surface area contributed by atoms with E-state index in [0.717, 1.165) is 0 Å². The van der Waals surface area contributed by atoms with Crippen molar-refractivity contribution in [2.75, 3.05) is 13.2 Å². The molecule has 1 saturated carbocycles. The Balaban J connectivity index is 1.77. The lowest BCUT2D eigenvalue weighted by molar-refractivity contribution is -0.312. The van der Waals surface area contributed by atoms with Crippen molar-refractivity contribution in [3.05, 3.63) is 0 Å². The van der Waals surface area contributed by atoms with Gasteiger partial charge in [-0.25, -0.2) is 4.39 Å². The Bertz CT molecular complexity index is 882. The zero-order valence-corrected chi connectivity index (χ0v) is 23.5. The summed E-state index contributed by atoms with van der Waals surface area (Å²) in [4.78, 5) is 4.34. The number of hydrogen-bond donors (Lipinski definition) is 9. The fourth-order valence-corrected chi connectivity index (χ4v) is 5.03. The molecule has 0 aromatic carbocycles. The average molecular weight is 579 g/mol. The smallest absolute Gasteiger partial charge is 0.184 e. The van der Waals surface area contributed by atoms with E-state index in [1.165, 1.54) is 13.8 Å². The van der Waals surface area contributed by atoms with Gasteiger partial charge >= 0.3 is 0 Å². The van der Waals surface area contributed by atoms with E-state index in [1.54, 1.807) is 13.8 Å². The predicted molar refractivity (Wildman–Crippen MR) is 143 cm³/mol. The van der Waals surface area contributed by atoms with Crippen molar-refractivity contribution in [1.29, 1.82) is 5.41 Å². The van der Waals surface area contributed by atoms with Gasteiger partial charge in [-0.1, -0.05) is 6.92 Å². The van der Waals surface area contributed by atoms with E-state index in [4.69, 9.17) is 41.6 Å². The molecule has 3 fully saturated rings. The monoisotopic (exact) mass is 578 g/mol. The van der Waals surface area contributed by atoms with Crippen LogP contribution in [-0.2, 0) is 18.9 Å². The van der Waals surface area contributed by atoms with Gasteiger partial charge in [-0.15, -0.1) is 0 Å². The molecule has 40 heavy (non-hydrogen) atoms. The maximum absolute atomic E-state index is 13.3.